The van der Waals surface area contributed by atoms with Gasteiger partial charge in [0.05, 0.1) is 0 Å². The maximum absolute atomic E-state index is 12.6. The van der Waals surface area contributed by atoms with E-state index in [1.807, 2.05) is 0 Å². The van der Waals surface area contributed by atoms with Gasteiger partial charge in [-0.2, -0.15) is 0 Å². The number of nitrogens with zero attached hydrogens (tertiary/aromatic N) is 4. The fraction of sp³-hybridized carbons (Fsp3) is 0.750. The largest absolute Gasteiger partial charge is 0.356 e. The number of carbonyl (C=O) groups is 1. The number of anilines is 1. The van der Waals surface area contributed by atoms with Crippen LogP contribution in [-0.4, -0.2) is 47.0 Å². The van der Waals surface area contributed by atoms with Crippen LogP contribution >= 0.6 is 0 Å². The number of rotatable bonds is 4. The van der Waals surface area contributed by atoms with E-state index in [4.69, 9.17) is 9.97 Å². The monoisotopic (exact) mass is 344 g/mol. The second-order valence-electron chi connectivity index (χ2n) is 8.11. The molecule has 5 nitrogen and oxygen atoms in total. The highest BCUT2D eigenvalue weighted by Gasteiger charge is 2.30. The Morgan fingerprint density at radius 1 is 1.00 bits per heavy atom. The molecular formula is C20H32N4O. The first-order valence-corrected chi connectivity index (χ1v) is 9.88. The van der Waals surface area contributed by atoms with Crippen LogP contribution in [-0.2, 0) is 4.79 Å². The van der Waals surface area contributed by atoms with Crippen molar-refractivity contribution in [3.63, 3.8) is 0 Å². The summed E-state index contributed by atoms with van der Waals surface area (Å²) in [5.74, 6) is 3.27. The average Bonchev–Trinajstić information content (AvgIpc) is 3.15. The summed E-state index contributed by atoms with van der Waals surface area (Å²) in [6, 6.07) is 2.14. The molecule has 2 fully saturated rings. The Hall–Kier alpha value is -1.65. The second-order valence-corrected chi connectivity index (χ2v) is 8.11. The van der Waals surface area contributed by atoms with Gasteiger partial charge in [0.2, 0.25) is 5.91 Å². The first kappa shape index (κ1) is 18.2. The molecule has 2 aliphatic heterocycles. The van der Waals surface area contributed by atoms with Crippen molar-refractivity contribution in [2.45, 2.75) is 65.2 Å². The molecule has 25 heavy (non-hydrogen) atoms. The Balaban J connectivity index is 1.68. The van der Waals surface area contributed by atoms with E-state index in [1.165, 1.54) is 12.8 Å². The number of aromatic nitrogens is 2. The summed E-state index contributed by atoms with van der Waals surface area (Å²) in [5.41, 5.74) is 1.11. The zero-order valence-electron chi connectivity index (χ0n) is 16.2. The Morgan fingerprint density at radius 2 is 1.64 bits per heavy atom. The van der Waals surface area contributed by atoms with Gasteiger partial charge in [-0.05, 0) is 31.6 Å². The SMILES string of the molecule is CC(C)c1cc(N2CCC(C(=O)N3CCCC3)CC2)nc(C(C)C)n1. The molecule has 3 heterocycles. The van der Waals surface area contributed by atoms with Crippen molar-refractivity contribution >= 4 is 11.7 Å². The zero-order chi connectivity index (χ0) is 18.0. The molecule has 0 atom stereocenters. The lowest BCUT2D eigenvalue weighted by atomic mass is 9.95. The van der Waals surface area contributed by atoms with Crippen molar-refractivity contribution in [1.82, 2.24) is 14.9 Å². The van der Waals surface area contributed by atoms with Gasteiger partial charge < -0.3 is 9.80 Å². The van der Waals surface area contributed by atoms with Crippen molar-refractivity contribution in [2.75, 3.05) is 31.1 Å². The summed E-state index contributed by atoms with van der Waals surface area (Å²) in [5, 5.41) is 0. The highest BCUT2D eigenvalue weighted by atomic mass is 16.2. The number of hydrogen-bond donors (Lipinski definition) is 0. The lowest BCUT2D eigenvalue weighted by Gasteiger charge is -2.34. The maximum atomic E-state index is 12.6. The van der Waals surface area contributed by atoms with Gasteiger partial charge in [0.15, 0.2) is 0 Å². The summed E-state index contributed by atoms with van der Waals surface area (Å²) in [4.78, 5) is 26.6. The lowest BCUT2D eigenvalue weighted by molar-refractivity contribution is -0.135. The van der Waals surface area contributed by atoms with Crippen molar-refractivity contribution in [2.24, 2.45) is 5.92 Å². The van der Waals surface area contributed by atoms with Crippen molar-refractivity contribution in [1.29, 1.82) is 0 Å². The molecule has 0 aromatic carbocycles. The molecule has 0 aliphatic carbocycles. The standard InChI is InChI=1S/C20H32N4O/c1-14(2)17-13-18(22-19(21-17)15(3)4)23-11-7-16(8-12-23)20(25)24-9-5-6-10-24/h13-16H,5-12H2,1-4H3. The summed E-state index contributed by atoms with van der Waals surface area (Å²) in [6.07, 6.45) is 4.21. The minimum Gasteiger partial charge on any atom is -0.356 e. The van der Waals surface area contributed by atoms with Crippen LogP contribution in [0.4, 0.5) is 5.82 Å². The third-order valence-electron chi connectivity index (χ3n) is 5.44. The Kier molecular flexibility index (Phi) is 5.60. The molecule has 2 saturated heterocycles. The molecule has 1 aromatic heterocycles. The molecule has 2 aliphatic rings. The molecule has 0 spiro atoms. The van der Waals surface area contributed by atoms with Crippen LogP contribution in [0.25, 0.3) is 0 Å². The molecule has 0 N–H and O–H groups in total. The molecule has 1 amide bonds. The Bertz CT molecular complexity index is 573. The van der Waals surface area contributed by atoms with Gasteiger partial charge in [0, 0.05) is 49.8 Å². The molecule has 138 valence electrons. The van der Waals surface area contributed by atoms with E-state index in [0.29, 0.717) is 17.7 Å². The van der Waals surface area contributed by atoms with Crippen LogP contribution in [0.2, 0.25) is 0 Å². The van der Waals surface area contributed by atoms with E-state index >= 15 is 0 Å². The number of piperidine rings is 1. The predicted molar refractivity (Wildman–Crippen MR) is 101 cm³/mol. The highest BCUT2D eigenvalue weighted by molar-refractivity contribution is 5.79. The van der Waals surface area contributed by atoms with E-state index in [9.17, 15) is 4.79 Å². The summed E-state index contributed by atoms with van der Waals surface area (Å²) < 4.78 is 0. The van der Waals surface area contributed by atoms with Gasteiger partial charge in [-0.3, -0.25) is 4.79 Å². The molecule has 0 bridgehead atoms. The van der Waals surface area contributed by atoms with Crippen LogP contribution in [0.3, 0.4) is 0 Å². The van der Waals surface area contributed by atoms with Crippen LogP contribution in [0, 0.1) is 5.92 Å². The normalized spacial score (nSPS) is 19.3. The fourth-order valence-corrected chi connectivity index (χ4v) is 3.74. The van der Waals surface area contributed by atoms with Gasteiger partial charge in [-0.25, -0.2) is 9.97 Å². The van der Waals surface area contributed by atoms with Crippen LogP contribution in [0.15, 0.2) is 6.07 Å². The number of likely N-dealkylation sites (tertiary alicyclic amines) is 1. The minimum absolute atomic E-state index is 0.199. The van der Waals surface area contributed by atoms with Crippen molar-refractivity contribution < 1.29 is 4.79 Å². The van der Waals surface area contributed by atoms with Crippen LogP contribution in [0.1, 0.15) is 76.7 Å². The molecule has 1 aromatic rings. The van der Waals surface area contributed by atoms with E-state index in [-0.39, 0.29) is 5.92 Å². The van der Waals surface area contributed by atoms with Crippen molar-refractivity contribution in [3.05, 3.63) is 17.6 Å². The first-order valence-electron chi connectivity index (χ1n) is 9.88. The number of carbonyl (C=O) groups excluding carboxylic acids is 1. The number of amides is 1. The van der Waals surface area contributed by atoms with E-state index in [0.717, 1.165) is 56.4 Å². The molecule has 0 unspecified atom stereocenters. The minimum atomic E-state index is 0.199. The van der Waals surface area contributed by atoms with Gasteiger partial charge >= 0.3 is 0 Å². The smallest absolute Gasteiger partial charge is 0.225 e. The zero-order valence-corrected chi connectivity index (χ0v) is 16.2. The Labute approximate surface area is 151 Å². The van der Waals surface area contributed by atoms with Gasteiger partial charge in [0.1, 0.15) is 11.6 Å². The summed E-state index contributed by atoms with van der Waals surface area (Å²) >= 11 is 0. The average molecular weight is 345 g/mol. The Morgan fingerprint density at radius 3 is 2.20 bits per heavy atom. The third-order valence-corrected chi connectivity index (χ3v) is 5.44. The summed E-state index contributed by atoms with van der Waals surface area (Å²) in [7, 11) is 0. The summed E-state index contributed by atoms with van der Waals surface area (Å²) in [6.45, 7) is 12.4. The molecule has 3 rings (SSSR count). The van der Waals surface area contributed by atoms with Gasteiger partial charge in [-0.1, -0.05) is 27.7 Å². The quantitative estimate of drug-likeness (QED) is 0.838. The predicted octanol–water partition coefficient (Wildman–Crippen LogP) is 3.56. The third kappa shape index (κ3) is 4.13. The molecular weight excluding hydrogens is 312 g/mol. The topological polar surface area (TPSA) is 49.3 Å². The molecule has 5 heteroatoms. The lowest BCUT2D eigenvalue weighted by Crippen LogP contribution is -2.42. The van der Waals surface area contributed by atoms with Crippen LogP contribution in [0.5, 0.6) is 0 Å². The highest BCUT2D eigenvalue weighted by Crippen LogP contribution is 2.27. The maximum Gasteiger partial charge on any atom is 0.225 e. The molecule has 0 saturated carbocycles. The van der Waals surface area contributed by atoms with Gasteiger partial charge in [-0.15, -0.1) is 0 Å². The number of hydrogen-bond acceptors (Lipinski definition) is 4. The van der Waals surface area contributed by atoms with Gasteiger partial charge in [0.25, 0.3) is 0 Å². The van der Waals surface area contributed by atoms with Crippen LogP contribution < -0.4 is 4.90 Å². The van der Waals surface area contributed by atoms with Crippen molar-refractivity contribution in [3.8, 4) is 0 Å². The fourth-order valence-electron chi connectivity index (χ4n) is 3.74. The second kappa shape index (κ2) is 7.71. The molecule has 0 radical (unpaired) electrons. The first-order chi connectivity index (χ1) is 12.0. The van der Waals surface area contributed by atoms with E-state index in [1.54, 1.807) is 0 Å². The van der Waals surface area contributed by atoms with E-state index in [2.05, 4.69) is 43.6 Å². The van der Waals surface area contributed by atoms with E-state index < -0.39 is 0 Å².